The van der Waals surface area contributed by atoms with Gasteiger partial charge in [0.25, 0.3) is 0 Å². The van der Waals surface area contributed by atoms with Gasteiger partial charge in [0.15, 0.2) is 23.3 Å². The fourth-order valence-electron chi connectivity index (χ4n) is 4.26. The predicted octanol–water partition coefficient (Wildman–Crippen LogP) is 5.92. The molecule has 2 atom stereocenters. The Morgan fingerprint density at radius 2 is 1.20 bits per heavy atom. The molecule has 0 aliphatic rings. The molecule has 0 saturated carbocycles. The zero-order chi connectivity index (χ0) is 29.0. The summed E-state index contributed by atoms with van der Waals surface area (Å²) in [6.45, 7) is 0. The Morgan fingerprint density at radius 1 is 0.700 bits per heavy atom. The number of halogens is 5. The van der Waals surface area contributed by atoms with Crippen LogP contribution in [0.2, 0.25) is 0 Å². The van der Waals surface area contributed by atoms with E-state index in [-0.39, 0.29) is 18.4 Å². The quantitative estimate of drug-likeness (QED) is 0.136. The number of carboxylic acid groups (broad SMARTS) is 1. The zero-order valence-corrected chi connectivity index (χ0v) is 20.8. The van der Waals surface area contributed by atoms with E-state index in [0.717, 1.165) is 23.3 Å². The molecule has 4 aromatic rings. The van der Waals surface area contributed by atoms with Crippen molar-refractivity contribution in [2.75, 3.05) is 0 Å². The summed E-state index contributed by atoms with van der Waals surface area (Å²) in [4.78, 5) is 24.3. The molecule has 1 amide bonds. The summed E-state index contributed by atoms with van der Waals surface area (Å²) in [5, 5.41) is 12.0. The van der Waals surface area contributed by atoms with Gasteiger partial charge < -0.3 is 16.2 Å². The van der Waals surface area contributed by atoms with Gasteiger partial charge in [-0.2, -0.15) is 0 Å². The lowest BCUT2D eigenvalue weighted by Crippen LogP contribution is -2.44. The van der Waals surface area contributed by atoms with Crippen molar-refractivity contribution < 1.29 is 36.6 Å². The minimum absolute atomic E-state index is 0.0457. The highest BCUT2D eigenvalue weighted by Crippen LogP contribution is 2.32. The van der Waals surface area contributed by atoms with Gasteiger partial charge in [-0.05, 0) is 34.2 Å². The minimum Gasteiger partial charge on any atom is -0.481 e. The van der Waals surface area contributed by atoms with Gasteiger partial charge >= 0.3 is 5.97 Å². The van der Waals surface area contributed by atoms with Gasteiger partial charge in [0, 0.05) is 0 Å². The standard InChI is InChI=1S/C30H23F5N2O3/c31-25-24(26(32)28(34)29(35)27(25)33)20-8-6-16(7-9-20)14-21(36)30(40)37-22(15-23(38)39)19-12-10-18(11-13-19)17-4-2-1-3-5-17/h1-13,21-22H,14-15,36H2,(H,37,40)(H,38,39)/t21?,22-/m0/s1. The van der Waals surface area contributed by atoms with Crippen LogP contribution in [0.5, 0.6) is 0 Å². The average molecular weight is 555 g/mol. The molecule has 4 N–H and O–H groups in total. The highest BCUT2D eigenvalue weighted by atomic mass is 19.2. The van der Waals surface area contributed by atoms with Crippen LogP contribution in [0, 0.1) is 29.1 Å². The van der Waals surface area contributed by atoms with E-state index in [2.05, 4.69) is 5.32 Å². The number of carbonyl (C=O) groups is 2. The molecule has 0 aromatic heterocycles. The summed E-state index contributed by atoms with van der Waals surface area (Å²) in [7, 11) is 0. The molecule has 5 nitrogen and oxygen atoms in total. The normalized spacial score (nSPS) is 12.6. The van der Waals surface area contributed by atoms with Crippen molar-refractivity contribution >= 4 is 11.9 Å². The SMILES string of the molecule is NC(Cc1ccc(-c2c(F)c(F)c(F)c(F)c2F)cc1)C(=O)N[C@@H](CC(=O)O)c1ccc(-c2ccccc2)cc1. The fraction of sp³-hybridized carbons (Fsp3) is 0.133. The summed E-state index contributed by atoms with van der Waals surface area (Å²) in [6, 6.07) is 19.6. The Balaban J connectivity index is 1.46. The van der Waals surface area contributed by atoms with Crippen LogP contribution in [-0.4, -0.2) is 23.0 Å². The maximum Gasteiger partial charge on any atom is 0.305 e. The minimum atomic E-state index is -2.25. The third-order valence-corrected chi connectivity index (χ3v) is 6.36. The number of rotatable bonds is 9. The Kier molecular flexibility index (Phi) is 8.59. The zero-order valence-electron chi connectivity index (χ0n) is 20.8. The molecule has 0 aliphatic heterocycles. The first-order valence-electron chi connectivity index (χ1n) is 12.1. The van der Waals surface area contributed by atoms with Gasteiger partial charge in [-0.3, -0.25) is 9.59 Å². The first-order valence-corrected chi connectivity index (χ1v) is 12.1. The van der Waals surface area contributed by atoms with E-state index >= 15 is 0 Å². The molecule has 0 saturated heterocycles. The van der Waals surface area contributed by atoms with Crippen LogP contribution in [0.4, 0.5) is 22.0 Å². The van der Waals surface area contributed by atoms with E-state index in [1.54, 1.807) is 12.1 Å². The summed E-state index contributed by atoms with van der Waals surface area (Å²) in [5.74, 6) is -12.0. The summed E-state index contributed by atoms with van der Waals surface area (Å²) in [6.07, 6.45) is -0.435. The second kappa shape index (κ2) is 12.1. The van der Waals surface area contributed by atoms with E-state index in [9.17, 15) is 36.6 Å². The largest absolute Gasteiger partial charge is 0.481 e. The molecule has 4 aromatic carbocycles. The molecular weight excluding hydrogens is 531 g/mol. The van der Waals surface area contributed by atoms with Crippen LogP contribution in [0.1, 0.15) is 23.6 Å². The van der Waals surface area contributed by atoms with Crippen molar-refractivity contribution in [3.8, 4) is 22.3 Å². The van der Waals surface area contributed by atoms with Crippen LogP contribution in [0.3, 0.4) is 0 Å². The molecule has 40 heavy (non-hydrogen) atoms. The second-order valence-electron chi connectivity index (χ2n) is 9.10. The number of benzene rings is 4. The first kappa shape index (κ1) is 28.4. The van der Waals surface area contributed by atoms with Gasteiger partial charge in [0.05, 0.1) is 24.1 Å². The maximum absolute atomic E-state index is 14.1. The molecule has 0 radical (unpaired) electrons. The van der Waals surface area contributed by atoms with Crippen molar-refractivity contribution in [1.82, 2.24) is 5.32 Å². The molecule has 1 unspecified atom stereocenters. The number of hydrogen-bond acceptors (Lipinski definition) is 3. The van der Waals surface area contributed by atoms with E-state index in [0.29, 0.717) is 11.1 Å². The highest BCUT2D eigenvalue weighted by Gasteiger charge is 2.27. The molecule has 10 heteroatoms. The Labute approximate surface area is 226 Å². The molecule has 0 spiro atoms. The van der Waals surface area contributed by atoms with Gasteiger partial charge in [-0.1, -0.05) is 78.9 Å². The summed E-state index contributed by atoms with van der Waals surface area (Å²) < 4.78 is 68.7. The first-order chi connectivity index (χ1) is 19.1. The molecule has 206 valence electrons. The Bertz CT molecular complexity index is 1500. The lowest BCUT2D eigenvalue weighted by Gasteiger charge is -2.21. The summed E-state index contributed by atoms with van der Waals surface area (Å²) in [5.41, 5.74) is 7.61. The van der Waals surface area contributed by atoms with Gasteiger partial charge in [0.1, 0.15) is 0 Å². The van der Waals surface area contributed by atoms with Crippen molar-refractivity contribution in [3.05, 3.63) is 119 Å². The fourth-order valence-corrected chi connectivity index (χ4v) is 4.26. The van der Waals surface area contributed by atoms with Gasteiger partial charge in [0.2, 0.25) is 11.7 Å². The maximum atomic E-state index is 14.1. The van der Waals surface area contributed by atoms with E-state index < -0.39 is 58.6 Å². The number of nitrogens with two attached hydrogens (primary N) is 1. The third kappa shape index (κ3) is 6.18. The van der Waals surface area contributed by atoms with Crippen molar-refractivity contribution in [1.29, 1.82) is 0 Å². The number of hydrogen-bond donors (Lipinski definition) is 3. The molecular formula is C30H23F5N2O3. The monoisotopic (exact) mass is 554 g/mol. The smallest absolute Gasteiger partial charge is 0.305 e. The van der Waals surface area contributed by atoms with Gasteiger partial charge in [-0.25, -0.2) is 22.0 Å². The number of amides is 1. The number of nitrogens with one attached hydrogen (secondary N) is 1. The van der Waals surface area contributed by atoms with Crippen LogP contribution in [0.15, 0.2) is 78.9 Å². The number of aliphatic carboxylic acids is 1. The average Bonchev–Trinajstić information content (AvgIpc) is 2.96. The molecule has 4 rings (SSSR count). The molecule has 0 bridgehead atoms. The van der Waals surface area contributed by atoms with Crippen LogP contribution in [0.25, 0.3) is 22.3 Å². The molecule has 0 aliphatic carbocycles. The Morgan fingerprint density at radius 3 is 1.75 bits per heavy atom. The van der Waals surface area contributed by atoms with Crippen LogP contribution in [-0.2, 0) is 16.0 Å². The topological polar surface area (TPSA) is 92.4 Å². The second-order valence-corrected chi connectivity index (χ2v) is 9.10. The van der Waals surface area contributed by atoms with Gasteiger partial charge in [-0.15, -0.1) is 0 Å². The third-order valence-electron chi connectivity index (χ3n) is 6.36. The number of carbonyl (C=O) groups excluding carboxylic acids is 1. The van der Waals surface area contributed by atoms with E-state index in [4.69, 9.17) is 5.73 Å². The van der Waals surface area contributed by atoms with Crippen LogP contribution < -0.4 is 11.1 Å². The van der Waals surface area contributed by atoms with E-state index in [1.807, 2.05) is 42.5 Å². The molecule has 0 fully saturated rings. The lowest BCUT2D eigenvalue weighted by molar-refractivity contribution is -0.137. The van der Waals surface area contributed by atoms with Crippen LogP contribution >= 0.6 is 0 Å². The van der Waals surface area contributed by atoms with Crippen molar-refractivity contribution in [2.45, 2.75) is 24.9 Å². The molecule has 0 heterocycles. The lowest BCUT2D eigenvalue weighted by atomic mass is 9.97. The van der Waals surface area contributed by atoms with Crippen molar-refractivity contribution in [2.24, 2.45) is 5.73 Å². The summed E-state index contributed by atoms with van der Waals surface area (Å²) >= 11 is 0. The predicted molar refractivity (Wildman–Crippen MR) is 138 cm³/mol. The number of carboxylic acids is 1. The Hall–Kier alpha value is -4.57. The van der Waals surface area contributed by atoms with E-state index in [1.165, 1.54) is 12.1 Å². The highest BCUT2D eigenvalue weighted by molar-refractivity contribution is 5.83. The van der Waals surface area contributed by atoms with Crippen molar-refractivity contribution in [3.63, 3.8) is 0 Å².